The molecule has 2 rings (SSSR count). The van der Waals surface area contributed by atoms with Gasteiger partial charge < -0.3 is 9.66 Å². The summed E-state index contributed by atoms with van der Waals surface area (Å²) in [7, 11) is 0. The highest BCUT2D eigenvalue weighted by Crippen LogP contribution is 2.33. The first-order valence-electron chi connectivity index (χ1n) is 4.54. The summed E-state index contributed by atoms with van der Waals surface area (Å²) in [5.74, 6) is 0.111. The van der Waals surface area contributed by atoms with E-state index in [-0.39, 0.29) is 5.75 Å². The van der Waals surface area contributed by atoms with Crippen molar-refractivity contribution in [2.24, 2.45) is 0 Å². The van der Waals surface area contributed by atoms with Crippen molar-refractivity contribution >= 4 is 11.1 Å². The number of fused-ring (bicyclic) bond motifs is 1. The molecule has 0 aliphatic heterocycles. The molecule has 1 aliphatic carbocycles. The van der Waals surface area contributed by atoms with Gasteiger partial charge in [-0.2, -0.15) is 0 Å². The lowest BCUT2D eigenvalue weighted by atomic mass is 10.0. The first-order chi connectivity index (χ1) is 6.68. The zero-order valence-corrected chi connectivity index (χ0v) is 8.46. The number of aliphatic hydroxyl groups is 1. The molecule has 0 saturated heterocycles. The van der Waals surface area contributed by atoms with Gasteiger partial charge in [-0.05, 0) is 29.5 Å². The van der Waals surface area contributed by atoms with E-state index in [0.717, 1.165) is 29.5 Å². The van der Waals surface area contributed by atoms with Crippen molar-refractivity contribution in [3.05, 3.63) is 34.9 Å². The lowest BCUT2D eigenvalue weighted by molar-refractivity contribution is 0.179. The minimum absolute atomic E-state index is 0.111. The van der Waals surface area contributed by atoms with Crippen LogP contribution in [0.1, 0.15) is 29.2 Å². The molecule has 2 unspecified atom stereocenters. The highest BCUT2D eigenvalue weighted by Gasteiger charge is 2.23. The Kier molecular flexibility index (Phi) is 2.67. The zero-order valence-electron chi connectivity index (χ0n) is 7.64. The van der Waals surface area contributed by atoms with E-state index in [2.05, 4.69) is 0 Å². The molecule has 0 heterocycles. The topological polar surface area (TPSA) is 57.5 Å². The fraction of sp³-hybridized carbons (Fsp3) is 0.400. The van der Waals surface area contributed by atoms with Gasteiger partial charge in [0, 0.05) is 0 Å². The van der Waals surface area contributed by atoms with Crippen LogP contribution in [0.15, 0.2) is 18.2 Å². The summed E-state index contributed by atoms with van der Waals surface area (Å²) in [4.78, 5) is 0. The number of rotatable bonds is 2. The fourth-order valence-electron chi connectivity index (χ4n) is 2.01. The second-order valence-corrected chi connectivity index (χ2v) is 4.44. The molecule has 0 amide bonds. The largest absolute Gasteiger partial charge is 0.388 e. The summed E-state index contributed by atoms with van der Waals surface area (Å²) in [5, 5.41) is 9.69. The third-order valence-corrected chi connectivity index (χ3v) is 3.14. The van der Waals surface area contributed by atoms with E-state index in [1.165, 1.54) is 0 Å². The summed E-state index contributed by atoms with van der Waals surface area (Å²) < 4.78 is 19.5. The Labute approximate surface area is 85.1 Å². The van der Waals surface area contributed by atoms with Gasteiger partial charge in [0.1, 0.15) is 0 Å². The first-order valence-corrected chi connectivity index (χ1v) is 5.82. The van der Waals surface area contributed by atoms with Crippen LogP contribution in [0.2, 0.25) is 0 Å². The predicted octanol–water partition coefficient (Wildman–Crippen LogP) is 1.39. The van der Waals surface area contributed by atoms with E-state index in [1.807, 2.05) is 18.2 Å². The van der Waals surface area contributed by atoms with Gasteiger partial charge in [0.05, 0.1) is 11.9 Å². The van der Waals surface area contributed by atoms with Crippen LogP contribution < -0.4 is 0 Å². The second kappa shape index (κ2) is 3.81. The molecule has 0 saturated carbocycles. The third-order valence-electron chi connectivity index (χ3n) is 2.59. The molecule has 1 aliphatic rings. The van der Waals surface area contributed by atoms with E-state index in [0.29, 0.717) is 0 Å². The van der Waals surface area contributed by atoms with Gasteiger partial charge in [-0.3, -0.25) is 0 Å². The van der Waals surface area contributed by atoms with Gasteiger partial charge in [-0.1, -0.05) is 18.2 Å². The van der Waals surface area contributed by atoms with Crippen molar-refractivity contribution in [2.45, 2.75) is 24.7 Å². The molecule has 0 aromatic heterocycles. The molecule has 2 atom stereocenters. The van der Waals surface area contributed by atoms with Gasteiger partial charge in [0.25, 0.3) is 0 Å². The Morgan fingerprint density at radius 1 is 1.50 bits per heavy atom. The number of hydrogen-bond acceptors (Lipinski definition) is 2. The Hall–Kier alpha value is -0.710. The molecule has 2 N–H and O–H groups in total. The molecule has 14 heavy (non-hydrogen) atoms. The van der Waals surface area contributed by atoms with Crippen molar-refractivity contribution in [1.82, 2.24) is 0 Å². The molecule has 0 fully saturated rings. The lowest BCUT2D eigenvalue weighted by Gasteiger charge is -2.09. The van der Waals surface area contributed by atoms with Crippen molar-refractivity contribution in [3.8, 4) is 0 Å². The van der Waals surface area contributed by atoms with Gasteiger partial charge in [0.2, 0.25) is 0 Å². The Morgan fingerprint density at radius 3 is 3.00 bits per heavy atom. The summed E-state index contributed by atoms with van der Waals surface area (Å²) in [6, 6.07) is 5.65. The van der Waals surface area contributed by atoms with Crippen LogP contribution in [0.3, 0.4) is 0 Å². The van der Waals surface area contributed by atoms with Crippen LogP contribution in [-0.4, -0.2) is 13.9 Å². The molecule has 0 spiro atoms. The molecule has 76 valence electrons. The summed E-state index contributed by atoms with van der Waals surface area (Å²) in [6.45, 7) is 0. The number of benzene rings is 1. The van der Waals surface area contributed by atoms with Crippen LogP contribution in [0, 0.1) is 0 Å². The van der Waals surface area contributed by atoms with Crippen molar-refractivity contribution in [1.29, 1.82) is 0 Å². The van der Waals surface area contributed by atoms with Crippen LogP contribution in [-0.2, 0) is 23.3 Å². The van der Waals surface area contributed by atoms with Crippen LogP contribution in [0.4, 0.5) is 0 Å². The quantitative estimate of drug-likeness (QED) is 0.728. The van der Waals surface area contributed by atoms with E-state index < -0.39 is 17.2 Å². The molecule has 0 radical (unpaired) electrons. The van der Waals surface area contributed by atoms with E-state index >= 15 is 0 Å². The summed E-state index contributed by atoms with van der Waals surface area (Å²) in [6.07, 6.45) is 1.14. The van der Waals surface area contributed by atoms with Gasteiger partial charge >= 0.3 is 0 Å². The highest BCUT2D eigenvalue weighted by molar-refractivity contribution is 7.78. The minimum Gasteiger partial charge on any atom is -0.388 e. The van der Waals surface area contributed by atoms with E-state index in [9.17, 15) is 9.32 Å². The van der Waals surface area contributed by atoms with E-state index in [4.69, 9.17) is 4.55 Å². The van der Waals surface area contributed by atoms with Crippen molar-refractivity contribution in [2.75, 3.05) is 0 Å². The lowest BCUT2D eigenvalue weighted by Crippen LogP contribution is -2.01. The molecule has 1 aromatic rings. The maximum atomic E-state index is 10.7. The fourth-order valence-corrected chi connectivity index (χ4v) is 2.53. The minimum atomic E-state index is -1.83. The predicted molar refractivity (Wildman–Crippen MR) is 54.2 cm³/mol. The third kappa shape index (κ3) is 1.73. The van der Waals surface area contributed by atoms with Crippen molar-refractivity contribution < 1.29 is 13.9 Å². The average molecular weight is 212 g/mol. The average Bonchev–Trinajstić information content (AvgIpc) is 2.48. The van der Waals surface area contributed by atoms with Crippen LogP contribution in [0.5, 0.6) is 0 Å². The van der Waals surface area contributed by atoms with Gasteiger partial charge in [-0.15, -0.1) is 0 Å². The van der Waals surface area contributed by atoms with Crippen LogP contribution >= 0.6 is 0 Å². The monoisotopic (exact) mass is 212 g/mol. The maximum Gasteiger partial charge on any atom is 0.157 e. The summed E-state index contributed by atoms with van der Waals surface area (Å²) in [5.41, 5.74) is 2.78. The Morgan fingerprint density at radius 2 is 2.29 bits per heavy atom. The van der Waals surface area contributed by atoms with Crippen molar-refractivity contribution in [3.63, 3.8) is 0 Å². The Balaban J connectivity index is 2.41. The summed E-state index contributed by atoms with van der Waals surface area (Å²) >= 11 is -1.83. The number of aryl methyl sites for hydroxylation is 1. The number of hydrogen-bond donors (Lipinski definition) is 2. The van der Waals surface area contributed by atoms with Gasteiger partial charge in [0.15, 0.2) is 11.1 Å². The molecule has 1 aromatic carbocycles. The standard InChI is InChI=1S/C10H12O3S/c11-9-5-4-7-2-1-3-8(10(7)9)6-14(12)13/h1-3,9,11H,4-6H2,(H,12,13). The maximum absolute atomic E-state index is 10.7. The first kappa shape index (κ1) is 9.83. The second-order valence-electron chi connectivity index (χ2n) is 3.51. The molecular formula is C10H12O3S. The Bertz CT molecular complexity index is 376. The molecule has 3 nitrogen and oxygen atoms in total. The van der Waals surface area contributed by atoms with Crippen LogP contribution in [0.25, 0.3) is 0 Å². The SMILES string of the molecule is O=S(O)Cc1cccc2c1C(O)CC2. The number of aliphatic hydroxyl groups excluding tert-OH is 1. The highest BCUT2D eigenvalue weighted by atomic mass is 32.2. The molecular weight excluding hydrogens is 200 g/mol. The van der Waals surface area contributed by atoms with E-state index in [1.54, 1.807) is 0 Å². The molecule has 0 bridgehead atoms. The van der Waals surface area contributed by atoms with Gasteiger partial charge in [-0.25, -0.2) is 4.21 Å². The zero-order chi connectivity index (χ0) is 10.1. The normalized spacial score (nSPS) is 22.0. The smallest absolute Gasteiger partial charge is 0.157 e. The molecule has 4 heteroatoms.